The number of para-hydroxylation sites is 1. The average molecular weight is 437 g/mol. The predicted octanol–water partition coefficient (Wildman–Crippen LogP) is 7.92. The summed E-state index contributed by atoms with van der Waals surface area (Å²) in [6.07, 6.45) is 6.25. The second kappa shape index (κ2) is 7.41. The average Bonchev–Trinajstić information content (AvgIpc) is 2.68. The van der Waals surface area contributed by atoms with Crippen LogP contribution in [0.25, 0.3) is 5.57 Å². The van der Waals surface area contributed by atoms with E-state index in [2.05, 4.69) is 53.7 Å². The van der Waals surface area contributed by atoms with Crippen LogP contribution in [-0.4, -0.2) is 5.11 Å². The maximum absolute atomic E-state index is 14.3. The van der Waals surface area contributed by atoms with Crippen molar-refractivity contribution in [2.24, 2.45) is 0 Å². The van der Waals surface area contributed by atoms with Crippen molar-refractivity contribution in [2.45, 2.75) is 71.4 Å². The minimum atomic E-state index is -3.15. The van der Waals surface area contributed by atoms with E-state index in [1.165, 1.54) is 0 Å². The summed E-state index contributed by atoms with van der Waals surface area (Å²) in [5, 5.41) is 11.9. The summed E-state index contributed by atoms with van der Waals surface area (Å²) in [6, 6.07) is 11.9. The molecule has 0 aromatic heterocycles. The number of rotatable bonds is 2. The molecule has 0 fully saturated rings. The molecule has 0 bridgehead atoms. The summed E-state index contributed by atoms with van der Waals surface area (Å²) >= 11 is 0. The van der Waals surface area contributed by atoms with E-state index in [-0.39, 0.29) is 10.8 Å². The zero-order valence-electron chi connectivity index (χ0n) is 19.5. The number of hydrogen-bond donors (Lipinski definition) is 1. The van der Waals surface area contributed by atoms with Crippen molar-refractivity contribution in [1.29, 1.82) is 0 Å². The molecule has 4 rings (SSSR count). The van der Waals surface area contributed by atoms with Gasteiger partial charge in [0.1, 0.15) is 11.5 Å². The summed E-state index contributed by atoms with van der Waals surface area (Å²) in [6.45, 7) is 12.6. The van der Waals surface area contributed by atoms with Gasteiger partial charge in [-0.1, -0.05) is 84.0 Å². The first kappa shape index (κ1) is 22.0. The van der Waals surface area contributed by atoms with Crippen LogP contribution in [0.2, 0.25) is 0 Å². The summed E-state index contributed by atoms with van der Waals surface area (Å²) in [7, 11) is -3.15. The van der Waals surface area contributed by atoms with Gasteiger partial charge in [0.05, 0.1) is 11.5 Å². The van der Waals surface area contributed by atoms with Crippen molar-refractivity contribution in [2.75, 3.05) is 0 Å². The molecular formula is C27H33O3P. The van der Waals surface area contributed by atoms with Gasteiger partial charge in [-0.3, -0.25) is 4.57 Å². The van der Waals surface area contributed by atoms with E-state index in [4.69, 9.17) is 4.52 Å². The number of hydrogen-bond acceptors (Lipinski definition) is 3. The van der Waals surface area contributed by atoms with E-state index in [9.17, 15) is 9.67 Å². The first-order valence-electron chi connectivity index (χ1n) is 11.1. The molecule has 1 atom stereocenters. The lowest BCUT2D eigenvalue weighted by atomic mass is 9.78. The van der Waals surface area contributed by atoms with Gasteiger partial charge in [0.2, 0.25) is 0 Å². The maximum atomic E-state index is 14.3. The quantitative estimate of drug-likeness (QED) is 0.486. The lowest BCUT2D eigenvalue weighted by molar-refractivity contribution is 0.422. The lowest BCUT2D eigenvalue weighted by Crippen LogP contribution is -2.18. The molecule has 1 heterocycles. The van der Waals surface area contributed by atoms with Crippen molar-refractivity contribution >= 4 is 12.9 Å². The molecule has 1 unspecified atom stereocenters. The molecule has 164 valence electrons. The van der Waals surface area contributed by atoms with Crippen LogP contribution in [-0.2, 0) is 21.6 Å². The third kappa shape index (κ3) is 4.01. The van der Waals surface area contributed by atoms with E-state index >= 15 is 0 Å². The Hall–Kier alpha value is -2.25. The monoisotopic (exact) mass is 436 g/mol. The molecule has 0 spiro atoms. The Bertz CT molecular complexity index is 1100. The Morgan fingerprint density at radius 2 is 1.61 bits per heavy atom. The number of fused-ring (bicyclic) bond motifs is 2. The SMILES string of the molecule is CC(C)(C)c1cc(CP2(=O)Oc3ccccc3C3=C2C=CCC3)cc(C(C)(C)C)c1O. The van der Waals surface area contributed by atoms with Crippen LogP contribution in [0.5, 0.6) is 11.5 Å². The molecule has 2 aromatic rings. The number of allylic oxidation sites excluding steroid dienone is 4. The molecule has 1 N–H and O–H groups in total. The molecule has 0 radical (unpaired) electrons. The Balaban J connectivity index is 1.86. The molecule has 0 amide bonds. The van der Waals surface area contributed by atoms with Crippen LogP contribution in [0.4, 0.5) is 0 Å². The number of phenols is 1. The molecule has 1 aliphatic carbocycles. The summed E-state index contributed by atoms with van der Waals surface area (Å²) < 4.78 is 20.6. The van der Waals surface area contributed by atoms with Gasteiger partial charge in [-0.15, -0.1) is 0 Å². The standard InChI is InChI=1S/C27H33O3P/c1-26(2,3)21-15-18(16-22(25(21)28)27(4,5)6)17-31(29)24-14-10-8-12-20(24)19-11-7-9-13-23(19)30-31/h7,9-11,13-16,28H,8,12,17H2,1-6H3. The normalized spacial score (nSPS) is 20.8. The smallest absolute Gasteiger partial charge is 0.281 e. The van der Waals surface area contributed by atoms with Crippen molar-refractivity contribution in [1.82, 2.24) is 0 Å². The topological polar surface area (TPSA) is 46.5 Å². The lowest BCUT2D eigenvalue weighted by Gasteiger charge is -2.33. The summed E-state index contributed by atoms with van der Waals surface area (Å²) in [5.41, 5.74) is 4.46. The van der Waals surface area contributed by atoms with E-state index in [1.807, 2.05) is 36.4 Å². The first-order chi connectivity index (χ1) is 14.4. The van der Waals surface area contributed by atoms with Crippen LogP contribution >= 0.6 is 7.37 Å². The van der Waals surface area contributed by atoms with E-state index < -0.39 is 7.37 Å². The first-order valence-corrected chi connectivity index (χ1v) is 12.9. The highest BCUT2D eigenvalue weighted by atomic mass is 31.2. The van der Waals surface area contributed by atoms with Crippen LogP contribution in [0, 0.1) is 0 Å². The zero-order valence-corrected chi connectivity index (χ0v) is 20.3. The molecule has 4 heteroatoms. The van der Waals surface area contributed by atoms with Crippen LogP contribution in [0.3, 0.4) is 0 Å². The van der Waals surface area contributed by atoms with Crippen molar-refractivity contribution < 1.29 is 14.2 Å². The second-order valence-corrected chi connectivity index (χ2v) is 13.1. The number of phenolic OH excluding ortho intramolecular Hbond substituents is 1. The fourth-order valence-corrected chi connectivity index (χ4v) is 6.98. The minimum absolute atomic E-state index is 0.232. The Morgan fingerprint density at radius 1 is 1.00 bits per heavy atom. The molecule has 2 aliphatic rings. The van der Waals surface area contributed by atoms with Gasteiger partial charge in [0.25, 0.3) is 7.37 Å². The molecule has 31 heavy (non-hydrogen) atoms. The molecule has 3 nitrogen and oxygen atoms in total. The minimum Gasteiger partial charge on any atom is -0.507 e. The van der Waals surface area contributed by atoms with Crippen LogP contribution in [0.1, 0.15) is 76.6 Å². The molecule has 2 aromatic carbocycles. The second-order valence-electron chi connectivity index (χ2n) is 10.8. The third-order valence-electron chi connectivity index (χ3n) is 6.15. The highest BCUT2D eigenvalue weighted by Crippen LogP contribution is 2.65. The van der Waals surface area contributed by atoms with Gasteiger partial charge in [-0.2, -0.15) is 0 Å². The Kier molecular flexibility index (Phi) is 5.25. The Morgan fingerprint density at radius 3 is 2.23 bits per heavy atom. The van der Waals surface area contributed by atoms with Gasteiger partial charge in [0, 0.05) is 5.56 Å². The summed E-state index contributed by atoms with van der Waals surface area (Å²) in [4.78, 5) is 0. The number of aromatic hydroxyl groups is 1. The van der Waals surface area contributed by atoms with Gasteiger partial charge in [-0.05, 0) is 52.0 Å². The maximum Gasteiger partial charge on any atom is 0.281 e. The van der Waals surface area contributed by atoms with Crippen molar-refractivity contribution in [3.05, 3.63) is 76.1 Å². The van der Waals surface area contributed by atoms with Gasteiger partial charge in [0.15, 0.2) is 0 Å². The molecular weight excluding hydrogens is 403 g/mol. The van der Waals surface area contributed by atoms with Crippen LogP contribution < -0.4 is 4.52 Å². The van der Waals surface area contributed by atoms with Crippen molar-refractivity contribution in [3.8, 4) is 11.5 Å². The van der Waals surface area contributed by atoms with Crippen LogP contribution in [0.15, 0.2) is 53.9 Å². The molecule has 0 saturated carbocycles. The fraction of sp³-hybridized carbons (Fsp3) is 0.407. The largest absolute Gasteiger partial charge is 0.507 e. The summed E-state index contributed by atoms with van der Waals surface area (Å²) in [5.74, 6) is 1.06. The van der Waals surface area contributed by atoms with Gasteiger partial charge in [-0.25, -0.2) is 0 Å². The van der Waals surface area contributed by atoms with E-state index in [0.717, 1.165) is 46.0 Å². The Labute approximate surface area is 186 Å². The number of benzene rings is 2. The van der Waals surface area contributed by atoms with Crippen molar-refractivity contribution in [3.63, 3.8) is 0 Å². The van der Waals surface area contributed by atoms with E-state index in [0.29, 0.717) is 17.7 Å². The molecule has 0 saturated heterocycles. The highest BCUT2D eigenvalue weighted by molar-refractivity contribution is 7.63. The fourth-order valence-electron chi connectivity index (χ4n) is 4.53. The molecule has 1 aliphatic heterocycles. The highest BCUT2D eigenvalue weighted by Gasteiger charge is 2.38. The third-order valence-corrected chi connectivity index (χ3v) is 8.57. The van der Waals surface area contributed by atoms with Gasteiger partial charge < -0.3 is 9.63 Å². The zero-order chi connectivity index (χ0) is 22.6. The van der Waals surface area contributed by atoms with E-state index in [1.54, 1.807) is 0 Å². The van der Waals surface area contributed by atoms with Gasteiger partial charge >= 0.3 is 0 Å². The predicted molar refractivity (Wildman–Crippen MR) is 129 cm³/mol.